The number of carbonyl (C=O) groups is 2. The third kappa shape index (κ3) is 4.30. The molecule has 46 heavy (non-hydrogen) atoms. The predicted octanol–water partition coefficient (Wildman–Crippen LogP) is 3.69. The first kappa shape index (κ1) is 29.4. The van der Waals surface area contributed by atoms with E-state index in [4.69, 9.17) is 9.47 Å². The van der Waals surface area contributed by atoms with Gasteiger partial charge in [0.05, 0.1) is 37.0 Å². The topological polar surface area (TPSA) is 136 Å². The van der Waals surface area contributed by atoms with Crippen LogP contribution in [-0.2, 0) is 4.74 Å². The van der Waals surface area contributed by atoms with E-state index < -0.39 is 46.7 Å². The largest absolute Gasteiger partial charge is 0.586 e. The molecule has 2 aromatic rings. The Morgan fingerprint density at radius 3 is 2.22 bits per heavy atom. The smallest absolute Gasteiger partial charge is 0.480 e. The highest BCUT2D eigenvalue weighted by atomic mass is 19.4. The Labute approximate surface area is 258 Å². The molecule has 3 heterocycles. The van der Waals surface area contributed by atoms with Gasteiger partial charge in [-0.2, -0.15) is 13.2 Å². The molecule has 8 aliphatic rings. The molecule has 3 N–H and O–H groups in total. The number of anilines is 2. The highest BCUT2D eigenvalue weighted by molar-refractivity contribution is 6.12. The Morgan fingerprint density at radius 1 is 0.935 bits per heavy atom. The fourth-order valence-electron chi connectivity index (χ4n) is 8.32. The fraction of sp³-hybridized carbons (Fsp3) is 0.586. The van der Waals surface area contributed by atoms with Crippen molar-refractivity contribution in [3.05, 3.63) is 29.6 Å². The Balaban J connectivity index is 1.04. The number of alkyl halides is 5. The normalized spacial score (nSPS) is 33.0. The lowest BCUT2D eigenvalue weighted by Gasteiger charge is -2.74. The number of ether oxygens (including phenoxy) is 4. The van der Waals surface area contributed by atoms with Crippen molar-refractivity contribution in [3.63, 3.8) is 0 Å². The van der Waals surface area contributed by atoms with Crippen molar-refractivity contribution < 1.29 is 50.5 Å². The summed E-state index contributed by atoms with van der Waals surface area (Å²) in [5.41, 5.74) is -3.76. The Hall–Kier alpha value is -3.99. The van der Waals surface area contributed by atoms with E-state index in [0.29, 0.717) is 13.2 Å². The molecule has 0 radical (unpaired) electrons. The summed E-state index contributed by atoms with van der Waals surface area (Å²) in [6.07, 6.45) is -5.54. The van der Waals surface area contributed by atoms with Crippen molar-refractivity contribution in [3.8, 4) is 17.4 Å². The van der Waals surface area contributed by atoms with Crippen molar-refractivity contribution >= 4 is 23.3 Å². The van der Waals surface area contributed by atoms with Crippen LogP contribution in [0.1, 0.15) is 59.2 Å². The summed E-state index contributed by atoms with van der Waals surface area (Å²) in [6.45, 7) is 3.07. The Bertz CT molecular complexity index is 1620. The number of nitrogens with one attached hydrogen (secondary N) is 3. The molecule has 2 amide bonds. The van der Waals surface area contributed by atoms with E-state index >= 15 is 0 Å². The molecule has 0 spiro atoms. The second kappa shape index (κ2) is 9.30. The number of methoxy groups -OCH3 is 1. The minimum Gasteiger partial charge on any atom is -0.480 e. The number of halogens is 5. The molecule has 0 atom stereocenters. The summed E-state index contributed by atoms with van der Waals surface area (Å²) in [6, 6.07) is 1.95. The second-order valence-corrected chi connectivity index (χ2v) is 13.4. The highest BCUT2D eigenvalue weighted by Crippen LogP contribution is 2.73. The fourth-order valence-corrected chi connectivity index (χ4v) is 8.32. The number of amides is 2. The van der Waals surface area contributed by atoms with Gasteiger partial charge in [0.15, 0.2) is 11.5 Å². The molecular formula is C29H29F5N6O6. The van der Waals surface area contributed by atoms with Crippen LogP contribution < -0.4 is 30.2 Å². The van der Waals surface area contributed by atoms with Gasteiger partial charge in [0, 0.05) is 35.8 Å². The monoisotopic (exact) mass is 652 g/mol. The lowest BCUT2D eigenvalue weighted by atomic mass is 9.39. The van der Waals surface area contributed by atoms with Gasteiger partial charge in [-0.1, -0.05) is 0 Å². The van der Waals surface area contributed by atoms with Crippen LogP contribution in [-0.4, -0.2) is 89.2 Å². The molecule has 6 aliphatic carbocycles. The van der Waals surface area contributed by atoms with Crippen LogP contribution in [0, 0.1) is 5.41 Å². The van der Waals surface area contributed by atoms with Crippen LogP contribution in [0.2, 0.25) is 0 Å². The average Bonchev–Trinajstić information content (AvgIpc) is 3.22. The molecule has 17 heteroatoms. The van der Waals surface area contributed by atoms with E-state index in [2.05, 4.69) is 40.3 Å². The highest BCUT2D eigenvalue weighted by Gasteiger charge is 2.79. The van der Waals surface area contributed by atoms with Crippen LogP contribution in [0.25, 0.3) is 0 Å². The quantitative estimate of drug-likeness (QED) is 0.363. The van der Waals surface area contributed by atoms with Gasteiger partial charge in [-0.25, -0.2) is 9.97 Å². The summed E-state index contributed by atoms with van der Waals surface area (Å²) in [5, 5.41) is 8.55. The SMILES string of the molecule is COc1ncnc(NC23CC(N4CCOCC4)(C2)C3)c1C(=O)Nc1cc2c(cc1C(=O)NC13CC(C(F)(F)F)(C1)C3)OC(F)(F)O2. The number of morpholine rings is 1. The third-order valence-electron chi connectivity index (χ3n) is 10.3. The van der Waals surface area contributed by atoms with Crippen LogP contribution >= 0.6 is 0 Å². The molecule has 1 aromatic heterocycles. The number of nitrogens with zero attached hydrogens (tertiary/aromatic N) is 3. The van der Waals surface area contributed by atoms with Gasteiger partial charge in [0.25, 0.3) is 11.8 Å². The molecule has 2 aliphatic heterocycles. The average molecular weight is 653 g/mol. The van der Waals surface area contributed by atoms with Crippen molar-refractivity contribution in [2.24, 2.45) is 5.41 Å². The first-order chi connectivity index (χ1) is 21.7. The lowest BCUT2D eigenvalue weighted by Crippen LogP contribution is -2.82. The number of hydrogen-bond donors (Lipinski definition) is 3. The van der Waals surface area contributed by atoms with Gasteiger partial charge in [-0.3, -0.25) is 14.5 Å². The van der Waals surface area contributed by atoms with Gasteiger partial charge in [-0.05, 0) is 44.6 Å². The number of aromatic nitrogens is 2. The van der Waals surface area contributed by atoms with Crippen LogP contribution in [0.15, 0.2) is 18.5 Å². The standard InChI is InChI=1S/C29H29F5N6O6/c1-43-23-19(20(35-14-36-23)38-26-11-27(12-26,13-26)40-2-4-44-5-3-40)22(42)37-16-7-18-17(45-29(33,34)46-18)6-15(16)21(41)39-25-8-24(9-25,10-25)28(30,31)32/h6-7,14H,2-5,8-13H2,1H3,(H,37,42)(H,39,41)(H,35,36,38). The summed E-state index contributed by atoms with van der Waals surface area (Å²) in [5.74, 6) is -2.51. The minimum atomic E-state index is -4.39. The number of carbonyl (C=O) groups excluding carboxylic acids is 2. The van der Waals surface area contributed by atoms with E-state index in [-0.39, 0.29) is 58.9 Å². The Morgan fingerprint density at radius 2 is 1.59 bits per heavy atom. The van der Waals surface area contributed by atoms with Crippen molar-refractivity contribution in [2.75, 3.05) is 44.0 Å². The summed E-state index contributed by atoms with van der Waals surface area (Å²) in [4.78, 5) is 38.0. The first-order valence-electron chi connectivity index (χ1n) is 14.8. The molecule has 7 fully saturated rings. The van der Waals surface area contributed by atoms with Gasteiger partial charge in [-0.15, -0.1) is 8.78 Å². The van der Waals surface area contributed by atoms with Crippen LogP contribution in [0.4, 0.5) is 33.5 Å². The molecule has 12 nitrogen and oxygen atoms in total. The molecule has 1 aromatic carbocycles. The minimum absolute atomic E-state index is 0.0749. The molecule has 4 bridgehead atoms. The third-order valence-corrected chi connectivity index (χ3v) is 10.3. The van der Waals surface area contributed by atoms with Gasteiger partial charge in [0.2, 0.25) is 5.88 Å². The van der Waals surface area contributed by atoms with Crippen molar-refractivity contribution in [1.82, 2.24) is 20.2 Å². The Kier molecular flexibility index (Phi) is 5.95. The summed E-state index contributed by atoms with van der Waals surface area (Å²) < 4.78 is 87.9. The van der Waals surface area contributed by atoms with Crippen LogP contribution in [0.3, 0.4) is 0 Å². The molecule has 1 saturated heterocycles. The molecule has 6 saturated carbocycles. The van der Waals surface area contributed by atoms with Crippen molar-refractivity contribution in [2.45, 2.75) is 67.6 Å². The molecule has 0 unspecified atom stereocenters. The van der Waals surface area contributed by atoms with Crippen LogP contribution in [0.5, 0.6) is 17.4 Å². The van der Waals surface area contributed by atoms with Gasteiger partial charge < -0.3 is 34.9 Å². The van der Waals surface area contributed by atoms with E-state index in [0.717, 1.165) is 44.5 Å². The maximum atomic E-state index is 13.9. The second-order valence-electron chi connectivity index (χ2n) is 13.4. The number of benzene rings is 1. The zero-order valence-corrected chi connectivity index (χ0v) is 24.5. The van der Waals surface area contributed by atoms with E-state index in [1.54, 1.807) is 0 Å². The van der Waals surface area contributed by atoms with E-state index in [1.807, 2.05) is 0 Å². The zero-order valence-electron chi connectivity index (χ0n) is 24.5. The van der Waals surface area contributed by atoms with Gasteiger partial charge >= 0.3 is 12.5 Å². The summed E-state index contributed by atoms with van der Waals surface area (Å²) in [7, 11) is 1.32. The zero-order chi connectivity index (χ0) is 32.3. The lowest BCUT2D eigenvalue weighted by molar-refractivity contribution is -0.336. The summed E-state index contributed by atoms with van der Waals surface area (Å²) >= 11 is 0. The van der Waals surface area contributed by atoms with Gasteiger partial charge in [0.1, 0.15) is 17.7 Å². The molecule has 10 rings (SSSR count). The maximum absolute atomic E-state index is 13.9. The van der Waals surface area contributed by atoms with E-state index in [1.165, 1.54) is 13.4 Å². The first-order valence-corrected chi connectivity index (χ1v) is 14.8. The number of fused-ring (bicyclic) bond motifs is 1. The predicted molar refractivity (Wildman–Crippen MR) is 147 cm³/mol. The number of rotatable bonds is 8. The number of hydrogen-bond acceptors (Lipinski definition) is 10. The van der Waals surface area contributed by atoms with E-state index in [9.17, 15) is 31.5 Å². The molecular weight excluding hydrogens is 623 g/mol. The van der Waals surface area contributed by atoms with Crippen molar-refractivity contribution in [1.29, 1.82) is 0 Å². The maximum Gasteiger partial charge on any atom is 0.586 e. The molecule has 246 valence electrons.